The summed E-state index contributed by atoms with van der Waals surface area (Å²) in [5.74, 6) is -0.870. The van der Waals surface area contributed by atoms with Crippen LogP contribution in [0.5, 0.6) is 0 Å². The van der Waals surface area contributed by atoms with Crippen LogP contribution < -0.4 is 0 Å². The van der Waals surface area contributed by atoms with Crippen LogP contribution in [0.2, 0.25) is 0 Å². The Balaban J connectivity index is 1.95. The summed E-state index contributed by atoms with van der Waals surface area (Å²) in [5, 5.41) is 8.90. The highest BCUT2D eigenvalue weighted by Gasteiger charge is 2.67. The molecule has 22 heavy (non-hydrogen) atoms. The van der Waals surface area contributed by atoms with E-state index in [2.05, 4.69) is 15.9 Å². The number of hydrogen-bond acceptors (Lipinski definition) is 4. The lowest BCUT2D eigenvalue weighted by Crippen LogP contribution is -2.75. The quantitative estimate of drug-likeness (QED) is 0.577. The summed E-state index contributed by atoms with van der Waals surface area (Å²) in [7, 11) is 0. The van der Waals surface area contributed by atoms with Gasteiger partial charge >= 0.3 is 5.97 Å². The maximum absolute atomic E-state index is 12.7. The van der Waals surface area contributed by atoms with E-state index in [0.717, 1.165) is 31.4 Å². The number of thioether (sulfide) groups is 1. The van der Waals surface area contributed by atoms with Crippen molar-refractivity contribution in [1.29, 1.82) is 0 Å². The van der Waals surface area contributed by atoms with Gasteiger partial charge in [-0.15, -0.1) is 23.4 Å². The number of nitrogens with zero attached hydrogens (tertiary/aromatic N) is 2. The van der Waals surface area contributed by atoms with Crippen molar-refractivity contribution in [3.8, 4) is 0 Å². The molecule has 0 spiro atoms. The monoisotopic (exact) mass is 406 g/mol. The Morgan fingerprint density at radius 1 is 1.50 bits per heavy atom. The van der Waals surface area contributed by atoms with Gasteiger partial charge in [-0.3, -0.25) is 14.7 Å². The molecule has 5 nitrogen and oxygen atoms in total. The van der Waals surface area contributed by atoms with Crippen molar-refractivity contribution in [3.63, 3.8) is 0 Å². The van der Waals surface area contributed by atoms with Crippen molar-refractivity contribution in [1.82, 2.24) is 4.90 Å². The minimum Gasteiger partial charge on any atom is -0.477 e. The Morgan fingerprint density at radius 3 is 2.77 bits per heavy atom. The van der Waals surface area contributed by atoms with Crippen LogP contribution in [0.4, 0.5) is 0 Å². The molecule has 1 saturated heterocycles. The summed E-state index contributed by atoms with van der Waals surface area (Å²) in [6.07, 6.45) is 6.71. The number of aliphatic carboxylic acids is 1. The van der Waals surface area contributed by atoms with Gasteiger partial charge in [-0.25, -0.2) is 4.79 Å². The van der Waals surface area contributed by atoms with Gasteiger partial charge in [0.1, 0.15) is 15.4 Å². The minimum absolute atomic E-state index is 0.0398. The lowest BCUT2D eigenvalue weighted by atomic mass is 9.87. The maximum Gasteiger partial charge on any atom is 0.352 e. The highest BCUT2D eigenvalue weighted by atomic mass is 79.9. The van der Waals surface area contributed by atoms with Gasteiger partial charge in [0.15, 0.2) is 5.54 Å². The molecular formula is C14H16BrClN2O3S. The molecule has 1 N–H and O–H groups in total. The predicted octanol–water partition coefficient (Wildman–Crippen LogP) is 2.97. The van der Waals surface area contributed by atoms with Crippen molar-refractivity contribution in [2.45, 2.75) is 47.3 Å². The number of carboxylic acids is 1. The first-order chi connectivity index (χ1) is 10.5. The van der Waals surface area contributed by atoms with Crippen molar-refractivity contribution in [2.75, 3.05) is 5.75 Å². The molecule has 1 amide bonds. The van der Waals surface area contributed by atoms with Crippen LogP contribution in [0, 0.1) is 0 Å². The fraction of sp³-hybridized carbons (Fsp3) is 0.643. The second-order valence-electron chi connectivity index (χ2n) is 5.62. The van der Waals surface area contributed by atoms with Crippen LogP contribution >= 0.6 is 39.3 Å². The SMILES string of the molecule is O=C(O)C1=CCS[C@@H]2N1C(=O)[C@]2(N=C1CCCCC1)[C@H](Cl)Br. The fourth-order valence-electron chi connectivity index (χ4n) is 3.17. The number of carboxylic acid groups (broad SMARTS) is 1. The zero-order valence-corrected chi connectivity index (χ0v) is 15.0. The number of alkyl halides is 2. The van der Waals surface area contributed by atoms with Crippen molar-refractivity contribution in [2.24, 2.45) is 4.99 Å². The summed E-state index contributed by atoms with van der Waals surface area (Å²) >= 11 is 11.1. The van der Waals surface area contributed by atoms with E-state index >= 15 is 0 Å². The number of amides is 1. The summed E-state index contributed by atoms with van der Waals surface area (Å²) in [6, 6.07) is 0. The van der Waals surface area contributed by atoms with E-state index in [1.165, 1.54) is 23.1 Å². The number of hydrogen-bond donors (Lipinski definition) is 1. The highest BCUT2D eigenvalue weighted by Crippen LogP contribution is 2.51. The van der Waals surface area contributed by atoms with Gasteiger partial charge < -0.3 is 5.11 Å². The minimum atomic E-state index is -1.09. The third-order valence-corrected chi connectivity index (χ3v) is 6.56. The molecule has 2 fully saturated rings. The van der Waals surface area contributed by atoms with Gasteiger partial charge in [0.25, 0.3) is 5.91 Å². The second-order valence-corrected chi connectivity index (χ2v) is 8.61. The maximum atomic E-state index is 12.7. The Morgan fingerprint density at radius 2 is 2.18 bits per heavy atom. The first-order valence-electron chi connectivity index (χ1n) is 7.23. The zero-order valence-electron chi connectivity index (χ0n) is 11.8. The summed E-state index contributed by atoms with van der Waals surface area (Å²) in [4.78, 5) is 30.1. The topological polar surface area (TPSA) is 70.0 Å². The zero-order chi connectivity index (χ0) is 15.9. The molecule has 0 unspecified atom stereocenters. The standard InChI is InChI=1S/C14H16BrClN2O3S/c15-11(16)14(17-8-4-2-1-3-5-8)12(21)18-9(10(19)20)6-7-22-13(14)18/h6,11,13H,1-5,7H2,(H,19,20)/t11-,13-,14+/m0/s1. The van der Waals surface area contributed by atoms with Crippen LogP contribution in [-0.4, -0.2) is 48.5 Å². The van der Waals surface area contributed by atoms with E-state index < -0.39 is 15.8 Å². The number of carbonyl (C=O) groups is 2. The number of rotatable bonds is 3. The lowest BCUT2D eigenvalue weighted by Gasteiger charge is -2.55. The van der Waals surface area contributed by atoms with E-state index in [-0.39, 0.29) is 17.0 Å². The van der Waals surface area contributed by atoms with Crippen LogP contribution in [0.3, 0.4) is 0 Å². The number of aliphatic imine (C=N–C) groups is 1. The molecule has 120 valence electrons. The normalized spacial score (nSPS) is 32.7. The molecule has 2 aliphatic heterocycles. The van der Waals surface area contributed by atoms with E-state index in [9.17, 15) is 14.7 Å². The summed E-state index contributed by atoms with van der Waals surface area (Å²) in [6.45, 7) is 0. The Bertz CT molecular complexity index is 572. The van der Waals surface area contributed by atoms with Crippen molar-refractivity contribution < 1.29 is 14.7 Å². The van der Waals surface area contributed by atoms with Crippen LogP contribution in [0.25, 0.3) is 0 Å². The number of halogens is 2. The van der Waals surface area contributed by atoms with Crippen molar-refractivity contribution in [3.05, 3.63) is 11.8 Å². The molecule has 0 aromatic rings. The molecular weight excluding hydrogens is 392 g/mol. The number of fused-ring (bicyclic) bond motifs is 1. The second kappa shape index (κ2) is 6.17. The molecule has 8 heteroatoms. The van der Waals surface area contributed by atoms with E-state index in [1.54, 1.807) is 6.08 Å². The molecule has 0 aromatic carbocycles. The van der Waals surface area contributed by atoms with Gasteiger partial charge in [0.2, 0.25) is 0 Å². The first kappa shape index (κ1) is 16.3. The Kier molecular flexibility index (Phi) is 4.58. The molecule has 0 bridgehead atoms. The third-order valence-electron chi connectivity index (χ3n) is 4.29. The van der Waals surface area contributed by atoms with Gasteiger partial charge in [-0.1, -0.05) is 22.4 Å². The van der Waals surface area contributed by atoms with Gasteiger partial charge in [0.05, 0.1) is 0 Å². The molecule has 0 radical (unpaired) electrons. The number of β-lactam (4-membered cyclic amide) rings is 1. The van der Waals surface area contributed by atoms with Gasteiger partial charge in [-0.05, 0) is 31.8 Å². The summed E-state index contributed by atoms with van der Waals surface area (Å²) in [5.41, 5.74) is -0.0252. The van der Waals surface area contributed by atoms with Gasteiger partial charge in [-0.2, -0.15) is 0 Å². The lowest BCUT2D eigenvalue weighted by molar-refractivity contribution is -0.153. The average molecular weight is 408 g/mol. The molecule has 3 aliphatic rings. The number of carbonyl (C=O) groups excluding carboxylic acids is 1. The third kappa shape index (κ3) is 2.41. The molecule has 0 aromatic heterocycles. The van der Waals surface area contributed by atoms with E-state index in [1.807, 2.05) is 0 Å². The Hall–Kier alpha value is -0.530. The van der Waals surface area contributed by atoms with Crippen molar-refractivity contribution >= 4 is 56.9 Å². The molecule has 1 saturated carbocycles. The molecule has 3 rings (SSSR count). The van der Waals surface area contributed by atoms with Crippen LogP contribution in [0.15, 0.2) is 16.8 Å². The van der Waals surface area contributed by atoms with Gasteiger partial charge in [0, 0.05) is 11.5 Å². The van der Waals surface area contributed by atoms with E-state index in [0.29, 0.717) is 5.75 Å². The molecule has 3 atom stereocenters. The Labute approximate surface area is 146 Å². The first-order valence-corrected chi connectivity index (χ1v) is 9.63. The van der Waals surface area contributed by atoms with E-state index in [4.69, 9.17) is 16.6 Å². The summed E-state index contributed by atoms with van der Waals surface area (Å²) < 4.78 is -0.649. The average Bonchev–Trinajstić information content (AvgIpc) is 2.52. The largest absolute Gasteiger partial charge is 0.477 e. The predicted molar refractivity (Wildman–Crippen MR) is 90.6 cm³/mol. The fourth-order valence-corrected chi connectivity index (χ4v) is 5.56. The van der Waals surface area contributed by atoms with Crippen LogP contribution in [-0.2, 0) is 9.59 Å². The smallest absolute Gasteiger partial charge is 0.352 e. The van der Waals surface area contributed by atoms with Crippen LogP contribution in [0.1, 0.15) is 32.1 Å². The molecule has 2 heterocycles. The molecule has 1 aliphatic carbocycles. The highest BCUT2D eigenvalue weighted by molar-refractivity contribution is 9.10.